The highest BCUT2D eigenvalue weighted by Crippen LogP contribution is 2.24. The van der Waals surface area contributed by atoms with Gasteiger partial charge in [-0.2, -0.15) is 0 Å². The zero-order valence-electron chi connectivity index (χ0n) is 17.4. The fraction of sp³-hybridized carbons (Fsp3) is 0.571. The van der Waals surface area contributed by atoms with Crippen molar-refractivity contribution >= 4 is 15.7 Å². The molecule has 0 radical (unpaired) electrons. The molecule has 28 heavy (non-hydrogen) atoms. The van der Waals surface area contributed by atoms with Gasteiger partial charge in [0, 0.05) is 12.6 Å². The summed E-state index contributed by atoms with van der Waals surface area (Å²) in [6, 6.07) is 7.62. The predicted molar refractivity (Wildman–Crippen MR) is 113 cm³/mol. The lowest BCUT2D eigenvalue weighted by molar-refractivity contribution is 0.390. The van der Waals surface area contributed by atoms with E-state index >= 15 is 0 Å². The Morgan fingerprint density at radius 2 is 1.61 bits per heavy atom. The van der Waals surface area contributed by atoms with E-state index in [9.17, 15) is 8.42 Å². The second-order valence-corrected chi connectivity index (χ2v) is 9.19. The Hall–Kier alpha value is -1.86. The molecular formula is C21H33N3O3S. The summed E-state index contributed by atoms with van der Waals surface area (Å²) in [6.07, 6.45) is 9.00. The Bertz CT molecular complexity index is 809. The van der Waals surface area contributed by atoms with Crippen LogP contribution >= 0.6 is 0 Å². The molecule has 0 spiro atoms. The molecule has 7 heteroatoms. The summed E-state index contributed by atoms with van der Waals surface area (Å²) < 4.78 is 32.7. The number of hydrogen-bond donors (Lipinski definition) is 2. The topological polar surface area (TPSA) is 84.2 Å². The Labute approximate surface area is 169 Å². The van der Waals surface area contributed by atoms with Crippen LogP contribution in [0.2, 0.25) is 0 Å². The molecule has 0 saturated heterocycles. The molecule has 1 heterocycles. The van der Waals surface area contributed by atoms with Gasteiger partial charge in [0.2, 0.25) is 0 Å². The molecular weight excluding hydrogens is 374 g/mol. The fourth-order valence-electron chi connectivity index (χ4n) is 3.20. The van der Waals surface area contributed by atoms with Gasteiger partial charge in [-0.25, -0.2) is 8.42 Å². The van der Waals surface area contributed by atoms with E-state index in [-0.39, 0.29) is 10.7 Å². The van der Waals surface area contributed by atoms with E-state index < -0.39 is 10.0 Å². The molecule has 6 nitrogen and oxygen atoms in total. The number of rotatable bonds is 6. The van der Waals surface area contributed by atoms with Crippen molar-refractivity contribution < 1.29 is 12.9 Å². The van der Waals surface area contributed by atoms with Gasteiger partial charge in [-0.3, -0.25) is 4.72 Å². The van der Waals surface area contributed by atoms with Gasteiger partial charge in [0.1, 0.15) is 5.69 Å². The van der Waals surface area contributed by atoms with Gasteiger partial charge in [0.15, 0.2) is 10.7 Å². The second-order valence-electron chi connectivity index (χ2n) is 7.57. The summed E-state index contributed by atoms with van der Waals surface area (Å²) in [6.45, 7) is 7.85. The summed E-state index contributed by atoms with van der Waals surface area (Å²) in [5.74, 6) is 0.280. The van der Waals surface area contributed by atoms with Crippen LogP contribution in [-0.2, 0) is 16.6 Å². The van der Waals surface area contributed by atoms with Gasteiger partial charge in [0.05, 0.1) is 5.69 Å². The van der Waals surface area contributed by atoms with Crippen LogP contribution in [0.3, 0.4) is 0 Å². The van der Waals surface area contributed by atoms with Crippen LogP contribution in [0.4, 0.5) is 5.69 Å². The number of nitrogens with one attached hydrogen (secondary N) is 2. The molecule has 1 aromatic carbocycles. The Kier molecular flexibility index (Phi) is 8.51. The third-order valence-electron chi connectivity index (χ3n) is 4.70. The number of para-hydroxylation sites is 1. The molecule has 2 N–H and O–H groups in total. The van der Waals surface area contributed by atoms with Crippen LogP contribution < -0.4 is 10.0 Å². The fourth-order valence-corrected chi connectivity index (χ4v) is 4.64. The SMILES string of the molecule is C1CCCCC1.Cc1noc(C)c1S(=O)(=O)Nc1ccccc1CNC(C)C. The van der Waals surface area contributed by atoms with Crippen molar-refractivity contribution in [2.45, 2.75) is 83.7 Å². The maximum atomic E-state index is 12.6. The van der Waals surface area contributed by atoms with Crippen LogP contribution in [0.25, 0.3) is 0 Å². The van der Waals surface area contributed by atoms with E-state index in [1.807, 2.05) is 26.0 Å². The molecule has 3 rings (SSSR count). The summed E-state index contributed by atoms with van der Waals surface area (Å²) in [4.78, 5) is 0.0964. The minimum atomic E-state index is -3.73. The quantitative estimate of drug-likeness (QED) is 0.709. The van der Waals surface area contributed by atoms with Crippen molar-refractivity contribution in [1.82, 2.24) is 10.5 Å². The van der Waals surface area contributed by atoms with Gasteiger partial charge in [-0.15, -0.1) is 0 Å². The molecule has 156 valence electrons. The third kappa shape index (κ3) is 6.63. The van der Waals surface area contributed by atoms with Gasteiger partial charge in [-0.1, -0.05) is 75.7 Å². The van der Waals surface area contributed by atoms with Gasteiger partial charge in [0.25, 0.3) is 10.0 Å². The highest BCUT2D eigenvalue weighted by atomic mass is 32.2. The highest BCUT2D eigenvalue weighted by Gasteiger charge is 2.24. The first-order valence-corrected chi connectivity index (χ1v) is 11.6. The van der Waals surface area contributed by atoms with E-state index in [2.05, 4.69) is 15.2 Å². The Morgan fingerprint density at radius 3 is 2.11 bits per heavy atom. The summed E-state index contributed by atoms with van der Waals surface area (Å²) in [5.41, 5.74) is 1.78. The molecule has 1 aromatic heterocycles. The number of hydrogen-bond acceptors (Lipinski definition) is 5. The smallest absolute Gasteiger partial charge is 0.267 e. The first-order valence-electron chi connectivity index (χ1n) is 10.1. The average Bonchev–Trinajstić information content (AvgIpc) is 3.02. The van der Waals surface area contributed by atoms with Crippen LogP contribution in [-0.4, -0.2) is 19.6 Å². The minimum Gasteiger partial charge on any atom is -0.360 e. The number of anilines is 1. The lowest BCUT2D eigenvalue weighted by Gasteiger charge is -2.14. The largest absolute Gasteiger partial charge is 0.360 e. The predicted octanol–water partition coefficient (Wildman–Crippen LogP) is 4.93. The molecule has 1 aliphatic rings. The van der Waals surface area contributed by atoms with Crippen molar-refractivity contribution in [3.63, 3.8) is 0 Å². The molecule has 1 aliphatic carbocycles. The van der Waals surface area contributed by atoms with Crippen LogP contribution in [0.1, 0.15) is 69.4 Å². The lowest BCUT2D eigenvalue weighted by atomic mass is 10.0. The van der Waals surface area contributed by atoms with E-state index in [4.69, 9.17) is 4.52 Å². The van der Waals surface area contributed by atoms with Crippen molar-refractivity contribution in [2.75, 3.05) is 4.72 Å². The lowest BCUT2D eigenvalue weighted by Crippen LogP contribution is -2.23. The normalized spacial score (nSPS) is 14.5. The monoisotopic (exact) mass is 407 g/mol. The van der Waals surface area contributed by atoms with E-state index in [0.717, 1.165) is 5.56 Å². The van der Waals surface area contributed by atoms with Crippen molar-refractivity contribution in [3.8, 4) is 0 Å². The van der Waals surface area contributed by atoms with E-state index in [1.54, 1.807) is 26.0 Å². The number of benzene rings is 1. The molecule has 0 aliphatic heterocycles. The first kappa shape index (κ1) is 22.4. The minimum absolute atomic E-state index is 0.0964. The maximum absolute atomic E-state index is 12.6. The van der Waals surface area contributed by atoms with Crippen LogP contribution in [0, 0.1) is 13.8 Å². The molecule has 1 fully saturated rings. The zero-order valence-corrected chi connectivity index (χ0v) is 18.2. The number of nitrogens with zero attached hydrogens (tertiary/aromatic N) is 1. The summed E-state index contributed by atoms with van der Waals surface area (Å²) in [5, 5.41) is 6.98. The second kappa shape index (κ2) is 10.6. The van der Waals surface area contributed by atoms with Crippen molar-refractivity contribution in [3.05, 3.63) is 41.3 Å². The average molecular weight is 408 g/mol. The third-order valence-corrected chi connectivity index (χ3v) is 6.31. The van der Waals surface area contributed by atoms with Crippen molar-refractivity contribution in [1.29, 1.82) is 0 Å². The Morgan fingerprint density at radius 1 is 1.04 bits per heavy atom. The number of aryl methyl sites for hydroxylation is 2. The maximum Gasteiger partial charge on any atom is 0.267 e. The standard InChI is InChI=1S/C15H21N3O3S.C6H12/c1-10(2)16-9-13-7-5-6-8-14(13)18-22(19,20)15-11(3)17-21-12(15)4;1-2-4-6-5-3-1/h5-8,10,16,18H,9H2,1-4H3;1-6H2. The van der Waals surface area contributed by atoms with Gasteiger partial charge < -0.3 is 9.84 Å². The molecule has 0 bridgehead atoms. The number of sulfonamides is 1. The molecule has 0 atom stereocenters. The summed E-state index contributed by atoms with van der Waals surface area (Å²) in [7, 11) is -3.73. The van der Waals surface area contributed by atoms with Gasteiger partial charge >= 0.3 is 0 Å². The van der Waals surface area contributed by atoms with E-state index in [1.165, 1.54) is 38.5 Å². The van der Waals surface area contributed by atoms with Gasteiger partial charge in [-0.05, 0) is 25.5 Å². The van der Waals surface area contributed by atoms with Crippen molar-refractivity contribution in [2.24, 2.45) is 0 Å². The number of aromatic nitrogens is 1. The molecule has 0 amide bonds. The first-order chi connectivity index (χ1) is 13.3. The molecule has 0 unspecified atom stereocenters. The van der Waals surface area contributed by atoms with E-state index in [0.29, 0.717) is 24.0 Å². The van der Waals surface area contributed by atoms with Crippen LogP contribution in [0.5, 0.6) is 0 Å². The molecule has 2 aromatic rings. The zero-order chi connectivity index (χ0) is 20.6. The van der Waals surface area contributed by atoms with Crippen LogP contribution in [0.15, 0.2) is 33.7 Å². The highest BCUT2D eigenvalue weighted by molar-refractivity contribution is 7.92. The molecule has 1 saturated carbocycles. The summed E-state index contributed by atoms with van der Waals surface area (Å²) >= 11 is 0. The Balaban J connectivity index is 0.000000397.